The van der Waals surface area contributed by atoms with Gasteiger partial charge < -0.3 is 14.2 Å². The molecule has 2 heterocycles. The minimum atomic E-state index is -0.379. The SMILES string of the molecule is Fc1ccccc1-c1nc(-c2ccc(N3CCOCC3)cc2)no1. The maximum atomic E-state index is 13.8. The highest BCUT2D eigenvalue weighted by Crippen LogP contribution is 2.26. The normalized spacial score (nSPS) is 14.8. The van der Waals surface area contributed by atoms with Crippen LogP contribution in [-0.2, 0) is 4.74 Å². The van der Waals surface area contributed by atoms with Gasteiger partial charge in [-0.25, -0.2) is 4.39 Å². The second-order valence-electron chi connectivity index (χ2n) is 5.55. The molecule has 0 spiro atoms. The molecule has 0 radical (unpaired) electrons. The highest BCUT2D eigenvalue weighted by Gasteiger charge is 2.15. The number of morpholine rings is 1. The van der Waals surface area contributed by atoms with Crippen LogP contribution in [0.1, 0.15) is 0 Å². The fourth-order valence-corrected chi connectivity index (χ4v) is 2.73. The summed E-state index contributed by atoms with van der Waals surface area (Å²) in [5.41, 5.74) is 2.28. The van der Waals surface area contributed by atoms with Crippen molar-refractivity contribution in [2.24, 2.45) is 0 Å². The van der Waals surface area contributed by atoms with Gasteiger partial charge in [0.15, 0.2) is 0 Å². The second-order valence-corrected chi connectivity index (χ2v) is 5.55. The van der Waals surface area contributed by atoms with E-state index in [1.807, 2.05) is 24.3 Å². The highest BCUT2D eigenvalue weighted by molar-refractivity contribution is 5.63. The van der Waals surface area contributed by atoms with Gasteiger partial charge in [-0.3, -0.25) is 0 Å². The molecule has 5 nitrogen and oxygen atoms in total. The molecule has 1 aliphatic heterocycles. The van der Waals surface area contributed by atoms with E-state index in [1.165, 1.54) is 6.07 Å². The molecule has 1 aliphatic rings. The van der Waals surface area contributed by atoms with E-state index in [0.29, 0.717) is 11.4 Å². The van der Waals surface area contributed by atoms with Crippen LogP contribution in [0.15, 0.2) is 53.1 Å². The molecule has 1 saturated heterocycles. The number of halogens is 1. The number of anilines is 1. The van der Waals surface area contributed by atoms with Crippen molar-refractivity contribution in [1.82, 2.24) is 10.1 Å². The van der Waals surface area contributed by atoms with E-state index in [2.05, 4.69) is 15.0 Å². The third kappa shape index (κ3) is 2.88. The molecule has 0 bridgehead atoms. The van der Waals surface area contributed by atoms with Gasteiger partial charge >= 0.3 is 0 Å². The van der Waals surface area contributed by atoms with Crippen molar-refractivity contribution in [2.75, 3.05) is 31.2 Å². The Morgan fingerprint density at radius 1 is 0.958 bits per heavy atom. The van der Waals surface area contributed by atoms with Crippen LogP contribution in [0.2, 0.25) is 0 Å². The van der Waals surface area contributed by atoms with Gasteiger partial charge in [0, 0.05) is 24.3 Å². The lowest BCUT2D eigenvalue weighted by atomic mass is 10.1. The van der Waals surface area contributed by atoms with E-state index in [1.54, 1.807) is 18.2 Å². The van der Waals surface area contributed by atoms with Crippen molar-refractivity contribution < 1.29 is 13.7 Å². The van der Waals surface area contributed by atoms with Gasteiger partial charge in [0.2, 0.25) is 5.82 Å². The first-order valence-electron chi connectivity index (χ1n) is 7.83. The number of nitrogens with zero attached hydrogens (tertiary/aromatic N) is 3. The zero-order chi connectivity index (χ0) is 16.4. The zero-order valence-corrected chi connectivity index (χ0v) is 13.0. The predicted octanol–water partition coefficient (Wildman–Crippen LogP) is 3.38. The monoisotopic (exact) mass is 325 g/mol. The standard InChI is InChI=1S/C18H16FN3O2/c19-16-4-2-1-3-15(16)18-20-17(21-24-18)13-5-7-14(8-6-13)22-9-11-23-12-10-22/h1-8H,9-12H2. The fourth-order valence-electron chi connectivity index (χ4n) is 2.73. The van der Waals surface area contributed by atoms with Crippen LogP contribution < -0.4 is 4.90 Å². The summed E-state index contributed by atoms with van der Waals surface area (Å²) in [7, 11) is 0. The van der Waals surface area contributed by atoms with Gasteiger partial charge in [0.1, 0.15) is 5.82 Å². The molecule has 6 heteroatoms. The number of hydrogen-bond donors (Lipinski definition) is 0. The van der Waals surface area contributed by atoms with Crippen LogP contribution in [0.4, 0.5) is 10.1 Å². The van der Waals surface area contributed by atoms with E-state index in [0.717, 1.165) is 37.6 Å². The number of ether oxygens (including phenoxy) is 1. The molecule has 2 aromatic carbocycles. The van der Waals surface area contributed by atoms with E-state index in [4.69, 9.17) is 9.26 Å². The van der Waals surface area contributed by atoms with Gasteiger partial charge in [0.05, 0.1) is 18.8 Å². The van der Waals surface area contributed by atoms with Crippen molar-refractivity contribution >= 4 is 5.69 Å². The Balaban J connectivity index is 1.57. The molecule has 0 atom stereocenters. The lowest BCUT2D eigenvalue weighted by Crippen LogP contribution is -2.36. The smallest absolute Gasteiger partial charge is 0.261 e. The van der Waals surface area contributed by atoms with Crippen molar-refractivity contribution in [3.8, 4) is 22.8 Å². The third-order valence-corrected chi connectivity index (χ3v) is 4.03. The first kappa shape index (κ1) is 14.8. The second kappa shape index (κ2) is 6.41. The summed E-state index contributed by atoms with van der Waals surface area (Å²) in [4.78, 5) is 6.57. The Bertz CT molecular complexity index is 826. The maximum absolute atomic E-state index is 13.8. The molecular formula is C18H16FN3O2. The van der Waals surface area contributed by atoms with Crippen molar-refractivity contribution in [1.29, 1.82) is 0 Å². The molecule has 24 heavy (non-hydrogen) atoms. The topological polar surface area (TPSA) is 51.4 Å². The van der Waals surface area contributed by atoms with Crippen molar-refractivity contribution in [2.45, 2.75) is 0 Å². The number of aromatic nitrogens is 2. The molecule has 4 rings (SSSR count). The number of rotatable bonds is 3. The lowest BCUT2D eigenvalue weighted by Gasteiger charge is -2.28. The Kier molecular flexibility index (Phi) is 3.96. The number of benzene rings is 2. The summed E-state index contributed by atoms with van der Waals surface area (Å²) in [6.07, 6.45) is 0. The van der Waals surface area contributed by atoms with Crippen LogP contribution in [-0.4, -0.2) is 36.4 Å². The van der Waals surface area contributed by atoms with Gasteiger partial charge in [-0.2, -0.15) is 4.98 Å². The van der Waals surface area contributed by atoms with Gasteiger partial charge in [0.25, 0.3) is 5.89 Å². The van der Waals surface area contributed by atoms with E-state index >= 15 is 0 Å². The molecule has 0 aliphatic carbocycles. The minimum Gasteiger partial charge on any atom is -0.378 e. The third-order valence-electron chi connectivity index (χ3n) is 4.03. The fraction of sp³-hybridized carbons (Fsp3) is 0.222. The van der Waals surface area contributed by atoms with E-state index < -0.39 is 0 Å². The summed E-state index contributed by atoms with van der Waals surface area (Å²) in [6.45, 7) is 3.27. The quantitative estimate of drug-likeness (QED) is 0.739. The largest absolute Gasteiger partial charge is 0.378 e. The maximum Gasteiger partial charge on any atom is 0.261 e. The molecule has 0 N–H and O–H groups in total. The van der Waals surface area contributed by atoms with Gasteiger partial charge in [-0.15, -0.1) is 0 Å². The highest BCUT2D eigenvalue weighted by atomic mass is 19.1. The summed E-state index contributed by atoms with van der Waals surface area (Å²) < 4.78 is 24.4. The van der Waals surface area contributed by atoms with Crippen LogP contribution >= 0.6 is 0 Å². The Hall–Kier alpha value is -2.73. The summed E-state index contributed by atoms with van der Waals surface area (Å²) in [5, 5.41) is 3.96. The Morgan fingerprint density at radius 3 is 2.46 bits per heavy atom. The minimum absolute atomic E-state index is 0.181. The first-order chi connectivity index (χ1) is 11.8. The molecule has 0 saturated carbocycles. The average Bonchev–Trinajstić information content (AvgIpc) is 3.13. The molecule has 122 valence electrons. The van der Waals surface area contributed by atoms with Crippen LogP contribution in [0.3, 0.4) is 0 Å². The van der Waals surface area contributed by atoms with E-state index in [9.17, 15) is 4.39 Å². The van der Waals surface area contributed by atoms with Crippen molar-refractivity contribution in [3.63, 3.8) is 0 Å². The summed E-state index contributed by atoms with van der Waals surface area (Å²) in [5.74, 6) is 0.248. The Morgan fingerprint density at radius 2 is 1.71 bits per heavy atom. The van der Waals surface area contributed by atoms with E-state index in [-0.39, 0.29) is 11.7 Å². The van der Waals surface area contributed by atoms with Gasteiger partial charge in [-0.05, 0) is 36.4 Å². The molecule has 1 fully saturated rings. The lowest BCUT2D eigenvalue weighted by molar-refractivity contribution is 0.122. The molecular weight excluding hydrogens is 309 g/mol. The van der Waals surface area contributed by atoms with Crippen LogP contribution in [0, 0.1) is 5.82 Å². The predicted molar refractivity (Wildman–Crippen MR) is 88.2 cm³/mol. The molecule has 1 aromatic heterocycles. The molecule has 0 unspecified atom stereocenters. The van der Waals surface area contributed by atoms with Crippen molar-refractivity contribution in [3.05, 3.63) is 54.3 Å². The van der Waals surface area contributed by atoms with Crippen LogP contribution in [0.25, 0.3) is 22.8 Å². The first-order valence-corrected chi connectivity index (χ1v) is 7.83. The molecule has 3 aromatic rings. The summed E-state index contributed by atoms with van der Waals surface area (Å²) >= 11 is 0. The summed E-state index contributed by atoms with van der Waals surface area (Å²) in [6, 6.07) is 14.3. The average molecular weight is 325 g/mol. The van der Waals surface area contributed by atoms with Crippen LogP contribution in [0.5, 0.6) is 0 Å². The van der Waals surface area contributed by atoms with Gasteiger partial charge in [-0.1, -0.05) is 17.3 Å². The number of hydrogen-bond acceptors (Lipinski definition) is 5. The molecule has 0 amide bonds. The zero-order valence-electron chi connectivity index (χ0n) is 13.0. The Labute approximate surface area is 138 Å².